The zero-order valence-electron chi connectivity index (χ0n) is 12.3. The highest BCUT2D eigenvalue weighted by molar-refractivity contribution is 6.85. The molecule has 0 unspecified atom stereocenters. The minimum atomic E-state index is -1.51. The van der Waals surface area contributed by atoms with Gasteiger partial charge in [-0.2, -0.15) is 0 Å². The third kappa shape index (κ3) is 4.21. The van der Waals surface area contributed by atoms with Crippen LogP contribution in [0.2, 0.25) is 18.6 Å². The summed E-state index contributed by atoms with van der Waals surface area (Å²) in [4.78, 5) is 0. The standard InChI is InChI=1S/C16H28OSi/c1-5-7-9-14-16(17-6-2)18(3,4)15-12-10-8-11-13-15/h2,14-15H,5,7-13H2,1,3-4H3. The molecule has 0 aromatic carbocycles. The fourth-order valence-corrected chi connectivity index (χ4v) is 6.21. The van der Waals surface area contributed by atoms with Crippen LogP contribution < -0.4 is 0 Å². The van der Waals surface area contributed by atoms with Gasteiger partial charge in [-0.05, 0) is 24.5 Å². The molecule has 0 aromatic rings. The molecule has 0 aliphatic heterocycles. The van der Waals surface area contributed by atoms with E-state index in [1.165, 1.54) is 44.9 Å². The maximum atomic E-state index is 5.56. The second-order valence-electron chi connectivity index (χ2n) is 5.99. The second-order valence-corrected chi connectivity index (χ2v) is 10.7. The van der Waals surface area contributed by atoms with E-state index in [0.717, 1.165) is 17.3 Å². The molecule has 1 rings (SSSR count). The molecule has 0 saturated heterocycles. The van der Waals surface area contributed by atoms with Crippen molar-refractivity contribution in [2.75, 3.05) is 0 Å². The van der Waals surface area contributed by atoms with E-state index in [9.17, 15) is 0 Å². The highest BCUT2D eigenvalue weighted by Gasteiger charge is 2.37. The van der Waals surface area contributed by atoms with Crippen LogP contribution in [0.25, 0.3) is 0 Å². The predicted octanol–water partition coefficient (Wildman–Crippen LogP) is 5.25. The maximum Gasteiger partial charge on any atom is 0.130 e. The van der Waals surface area contributed by atoms with Crippen LogP contribution >= 0.6 is 0 Å². The first kappa shape index (κ1) is 15.4. The second kappa shape index (κ2) is 7.69. The van der Waals surface area contributed by atoms with E-state index in [0.29, 0.717) is 0 Å². The maximum absolute atomic E-state index is 5.56. The molecule has 0 aromatic heterocycles. The van der Waals surface area contributed by atoms with Gasteiger partial charge in [-0.3, -0.25) is 0 Å². The lowest BCUT2D eigenvalue weighted by Crippen LogP contribution is -2.37. The number of ether oxygens (including phenoxy) is 1. The van der Waals surface area contributed by atoms with Crippen LogP contribution in [0.1, 0.15) is 58.3 Å². The summed E-state index contributed by atoms with van der Waals surface area (Å²) in [6.45, 7) is 7.08. The summed E-state index contributed by atoms with van der Waals surface area (Å²) in [7, 11) is -1.51. The topological polar surface area (TPSA) is 9.23 Å². The van der Waals surface area contributed by atoms with E-state index in [2.05, 4.69) is 32.2 Å². The highest BCUT2D eigenvalue weighted by atomic mass is 28.3. The van der Waals surface area contributed by atoms with Crippen molar-refractivity contribution >= 4 is 8.07 Å². The average Bonchev–Trinajstić information content (AvgIpc) is 2.39. The van der Waals surface area contributed by atoms with Gasteiger partial charge in [0.25, 0.3) is 0 Å². The minimum absolute atomic E-state index is 0.854. The van der Waals surface area contributed by atoms with Gasteiger partial charge in [-0.15, -0.1) is 0 Å². The van der Waals surface area contributed by atoms with Gasteiger partial charge in [-0.1, -0.05) is 65.0 Å². The van der Waals surface area contributed by atoms with Crippen LogP contribution in [-0.4, -0.2) is 8.07 Å². The fraction of sp³-hybridized carbons (Fsp3) is 0.750. The molecule has 0 spiro atoms. The Bertz CT molecular complexity index is 306. The molecule has 1 saturated carbocycles. The molecule has 18 heavy (non-hydrogen) atoms. The lowest BCUT2D eigenvalue weighted by atomic mass is 10.0. The Hall–Kier alpha value is -0.683. The zero-order valence-corrected chi connectivity index (χ0v) is 13.3. The van der Waals surface area contributed by atoms with E-state index in [1.54, 1.807) is 0 Å². The van der Waals surface area contributed by atoms with Crippen LogP contribution in [0.15, 0.2) is 11.5 Å². The molecule has 0 heterocycles. The van der Waals surface area contributed by atoms with Gasteiger partial charge in [0.05, 0.1) is 5.38 Å². The Morgan fingerprint density at radius 3 is 2.56 bits per heavy atom. The molecular formula is C16H28OSi. The lowest BCUT2D eigenvalue weighted by Gasteiger charge is -2.35. The smallest absolute Gasteiger partial charge is 0.130 e. The molecule has 0 N–H and O–H groups in total. The molecule has 102 valence electrons. The first-order valence-electron chi connectivity index (χ1n) is 7.46. The Kier molecular flexibility index (Phi) is 6.57. The quantitative estimate of drug-likeness (QED) is 0.275. The van der Waals surface area contributed by atoms with Crippen molar-refractivity contribution in [3.63, 3.8) is 0 Å². The molecule has 0 radical (unpaired) electrons. The van der Waals surface area contributed by atoms with Gasteiger partial charge in [-0.25, -0.2) is 0 Å². The van der Waals surface area contributed by atoms with E-state index in [1.807, 2.05) is 0 Å². The van der Waals surface area contributed by atoms with Crippen LogP contribution in [0.4, 0.5) is 0 Å². The zero-order chi connectivity index (χ0) is 13.4. The van der Waals surface area contributed by atoms with Crippen LogP contribution in [0.5, 0.6) is 0 Å². The van der Waals surface area contributed by atoms with Gasteiger partial charge in [0, 0.05) is 0 Å². The number of rotatable bonds is 6. The fourth-order valence-electron chi connectivity index (χ4n) is 2.96. The number of allylic oxidation sites excluding steroid dienone is 1. The predicted molar refractivity (Wildman–Crippen MR) is 81.8 cm³/mol. The normalized spacial score (nSPS) is 18.4. The van der Waals surface area contributed by atoms with Gasteiger partial charge < -0.3 is 4.74 Å². The summed E-state index contributed by atoms with van der Waals surface area (Å²) < 4.78 is 5.56. The lowest BCUT2D eigenvalue weighted by molar-refractivity contribution is 0.402. The SMILES string of the molecule is C#COC(=CCCCC)[Si](C)(C)C1CCCCC1. The summed E-state index contributed by atoms with van der Waals surface area (Å²) in [6.07, 6.45) is 20.6. The van der Waals surface area contributed by atoms with Gasteiger partial charge in [0.2, 0.25) is 0 Å². The molecule has 1 nitrogen and oxygen atoms in total. The van der Waals surface area contributed by atoms with Crippen molar-refractivity contribution in [2.24, 2.45) is 0 Å². The van der Waals surface area contributed by atoms with E-state index < -0.39 is 8.07 Å². The first-order chi connectivity index (χ1) is 8.62. The van der Waals surface area contributed by atoms with Crippen LogP contribution in [0, 0.1) is 12.5 Å². The third-order valence-corrected chi connectivity index (χ3v) is 8.51. The molecule has 1 fully saturated rings. The van der Waals surface area contributed by atoms with Crippen molar-refractivity contribution in [1.29, 1.82) is 0 Å². The van der Waals surface area contributed by atoms with E-state index in [-0.39, 0.29) is 0 Å². The molecule has 0 atom stereocenters. The van der Waals surface area contributed by atoms with Gasteiger partial charge in [0.15, 0.2) is 0 Å². The monoisotopic (exact) mass is 264 g/mol. The highest BCUT2D eigenvalue weighted by Crippen LogP contribution is 2.40. The molecule has 2 heteroatoms. The number of hydrogen-bond donors (Lipinski definition) is 0. The van der Waals surface area contributed by atoms with Crippen LogP contribution in [0.3, 0.4) is 0 Å². The largest absolute Gasteiger partial charge is 0.418 e. The Morgan fingerprint density at radius 2 is 2.00 bits per heavy atom. The molecule has 1 aliphatic rings. The van der Waals surface area contributed by atoms with Crippen molar-refractivity contribution in [1.82, 2.24) is 0 Å². The molecule has 1 aliphatic carbocycles. The van der Waals surface area contributed by atoms with Crippen molar-refractivity contribution in [3.05, 3.63) is 11.5 Å². The van der Waals surface area contributed by atoms with Gasteiger partial charge >= 0.3 is 0 Å². The summed E-state index contributed by atoms with van der Waals surface area (Å²) >= 11 is 0. The summed E-state index contributed by atoms with van der Waals surface area (Å²) in [5.74, 6) is 0. The Labute approximate surface area is 114 Å². The van der Waals surface area contributed by atoms with Crippen molar-refractivity contribution < 1.29 is 4.74 Å². The molecular weight excluding hydrogens is 236 g/mol. The summed E-state index contributed by atoms with van der Waals surface area (Å²) in [6, 6.07) is 0. The number of terminal acetylenes is 1. The Morgan fingerprint density at radius 1 is 1.33 bits per heavy atom. The minimum Gasteiger partial charge on any atom is -0.418 e. The van der Waals surface area contributed by atoms with E-state index >= 15 is 0 Å². The summed E-state index contributed by atoms with van der Waals surface area (Å²) in [5.41, 5.74) is 0.854. The number of hydrogen-bond acceptors (Lipinski definition) is 1. The molecule has 0 amide bonds. The summed E-state index contributed by atoms with van der Waals surface area (Å²) in [5, 5.41) is 1.16. The third-order valence-electron chi connectivity index (χ3n) is 4.32. The Balaban J connectivity index is 2.74. The average molecular weight is 264 g/mol. The van der Waals surface area contributed by atoms with Crippen molar-refractivity contribution in [2.45, 2.75) is 76.9 Å². The van der Waals surface area contributed by atoms with Crippen molar-refractivity contribution in [3.8, 4) is 12.5 Å². The van der Waals surface area contributed by atoms with Crippen LogP contribution in [-0.2, 0) is 4.74 Å². The number of unbranched alkanes of at least 4 members (excludes halogenated alkanes) is 2. The molecule has 0 bridgehead atoms. The first-order valence-corrected chi connectivity index (χ1v) is 10.5. The van der Waals surface area contributed by atoms with E-state index in [4.69, 9.17) is 11.2 Å². The van der Waals surface area contributed by atoms with Gasteiger partial charge in [0.1, 0.15) is 14.2 Å².